The van der Waals surface area contributed by atoms with Crippen molar-refractivity contribution in [3.05, 3.63) is 64.9 Å². The van der Waals surface area contributed by atoms with Crippen molar-refractivity contribution in [2.75, 3.05) is 0 Å². The first-order valence-corrected chi connectivity index (χ1v) is 9.43. The van der Waals surface area contributed by atoms with Crippen molar-refractivity contribution in [1.29, 1.82) is 0 Å². The number of hydrogen-bond acceptors (Lipinski definition) is 5. The van der Waals surface area contributed by atoms with E-state index in [4.69, 9.17) is 4.42 Å². The number of carboxylic acid groups (broad SMARTS) is 1. The standard InChI is InChI=1S/C20H20N2O4S/c1-3-20(19(24)25,14-7-5-4-6-8-14)22-17(23)11-15-12-27-18(21-15)16-10-9-13(2)26-16/h4-10,12H,3,11H2,1-2H3,(H,22,23)(H,24,25). The number of carbonyl (C=O) groups excluding carboxylic acids is 1. The summed E-state index contributed by atoms with van der Waals surface area (Å²) in [7, 11) is 0. The number of benzene rings is 1. The van der Waals surface area contributed by atoms with Gasteiger partial charge in [-0.25, -0.2) is 9.78 Å². The molecule has 0 saturated carbocycles. The summed E-state index contributed by atoms with van der Waals surface area (Å²) in [5, 5.41) is 15.0. The number of nitrogens with one attached hydrogen (secondary N) is 1. The van der Waals surface area contributed by atoms with Crippen LogP contribution >= 0.6 is 11.3 Å². The highest BCUT2D eigenvalue weighted by atomic mass is 32.1. The summed E-state index contributed by atoms with van der Waals surface area (Å²) < 4.78 is 5.54. The van der Waals surface area contributed by atoms with Crippen molar-refractivity contribution in [2.45, 2.75) is 32.2 Å². The van der Waals surface area contributed by atoms with Crippen LogP contribution in [0.1, 0.15) is 30.4 Å². The van der Waals surface area contributed by atoms with Gasteiger partial charge in [-0.1, -0.05) is 37.3 Å². The van der Waals surface area contributed by atoms with Gasteiger partial charge in [0.2, 0.25) is 5.91 Å². The Bertz CT molecular complexity index is 948. The molecule has 0 fully saturated rings. The van der Waals surface area contributed by atoms with Crippen LogP contribution in [0, 0.1) is 6.92 Å². The highest BCUT2D eigenvalue weighted by molar-refractivity contribution is 7.13. The number of aromatic nitrogens is 1. The van der Waals surface area contributed by atoms with E-state index < -0.39 is 17.4 Å². The fourth-order valence-electron chi connectivity index (χ4n) is 2.91. The second-order valence-corrected chi connectivity index (χ2v) is 7.07. The monoisotopic (exact) mass is 384 g/mol. The van der Waals surface area contributed by atoms with Gasteiger partial charge in [0, 0.05) is 5.38 Å². The zero-order valence-corrected chi connectivity index (χ0v) is 15.9. The Morgan fingerprint density at radius 2 is 1.96 bits per heavy atom. The van der Waals surface area contributed by atoms with E-state index in [-0.39, 0.29) is 12.8 Å². The molecule has 0 aliphatic heterocycles. The maximum atomic E-state index is 12.6. The molecule has 0 radical (unpaired) electrons. The molecule has 0 spiro atoms. The van der Waals surface area contributed by atoms with Gasteiger partial charge < -0.3 is 14.8 Å². The van der Waals surface area contributed by atoms with E-state index in [2.05, 4.69) is 10.3 Å². The summed E-state index contributed by atoms with van der Waals surface area (Å²) in [6, 6.07) is 12.4. The zero-order chi connectivity index (χ0) is 19.4. The van der Waals surface area contributed by atoms with Gasteiger partial charge in [-0.2, -0.15) is 0 Å². The smallest absolute Gasteiger partial charge is 0.334 e. The molecule has 1 amide bonds. The Morgan fingerprint density at radius 1 is 1.22 bits per heavy atom. The largest absolute Gasteiger partial charge is 0.479 e. The van der Waals surface area contributed by atoms with Crippen molar-refractivity contribution < 1.29 is 19.1 Å². The van der Waals surface area contributed by atoms with Gasteiger partial charge in [0.05, 0.1) is 12.1 Å². The van der Waals surface area contributed by atoms with Crippen LogP contribution < -0.4 is 5.32 Å². The van der Waals surface area contributed by atoms with Crippen LogP contribution in [0.15, 0.2) is 52.3 Å². The van der Waals surface area contributed by atoms with Gasteiger partial charge in [-0.3, -0.25) is 4.79 Å². The Hall–Kier alpha value is -2.93. The minimum absolute atomic E-state index is 0.00193. The Morgan fingerprint density at radius 3 is 2.56 bits per heavy atom. The topological polar surface area (TPSA) is 92.4 Å². The number of carbonyl (C=O) groups is 2. The van der Waals surface area contributed by atoms with Gasteiger partial charge in [-0.05, 0) is 31.0 Å². The minimum Gasteiger partial charge on any atom is -0.479 e. The van der Waals surface area contributed by atoms with E-state index in [1.165, 1.54) is 11.3 Å². The second-order valence-electron chi connectivity index (χ2n) is 6.21. The third kappa shape index (κ3) is 3.93. The number of amides is 1. The lowest BCUT2D eigenvalue weighted by Crippen LogP contribution is -2.52. The molecule has 0 aliphatic carbocycles. The fraction of sp³-hybridized carbons (Fsp3) is 0.250. The third-order valence-corrected chi connectivity index (χ3v) is 5.27. The Labute approximate surface area is 160 Å². The van der Waals surface area contributed by atoms with Crippen molar-refractivity contribution in [2.24, 2.45) is 0 Å². The lowest BCUT2D eigenvalue weighted by molar-refractivity contribution is -0.148. The summed E-state index contributed by atoms with van der Waals surface area (Å²) in [6.45, 7) is 3.59. The first kappa shape index (κ1) is 18.8. The Balaban J connectivity index is 1.77. The molecule has 6 nitrogen and oxygen atoms in total. The van der Waals surface area contributed by atoms with Crippen LogP contribution in [0.5, 0.6) is 0 Å². The molecule has 1 unspecified atom stereocenters. The molecular formula is C20H20N2O4S. The summed E-state index contributed by atoms with van der Waals surface area (Å²) in [4.78, 5) is 29.0. The van der Waals surface area contributed by atoms with Gasteiger partial charge >= 0.3 is 5.97 Å². The van der Waals surface area contributed by atoms with Gasteiger partial charge in [0.25, 0.3) is 0 Å². The molecule has 0 saturated heterocycles. The van der Waals surface area contributed by atoms with E-state index in [9.17, 15) is 14.7 Å². The van der Waals surface area contributed by atoms with Crippen LogP contribution in [-0.4, -0.2) is 22.0 Å². The summed E-state index contributed by atoms with van der Waals surface area (Å²) >= 11 is 1.38. The third-order valence-electron chi connectivity index (χ3n) is 4.36. The molecule has 1 atom stereocenters. The number of rotatable bonds is 7. The zero-order valence-electron chi connectivity index (χ0n) is 15.1. The molecule has 2 aromatic heterocycles. The molecule has 140 valence electrons. The molecule has 27 heavy (non-hydrogen) atoms. The maximum absolute atomic E-state index is 12.6. The fourth-order valence-corrected chi connectivity index (χ4v) is 3.69. The van der Waals surface area contributed by atoms with Crippen LogP contribution in [0.25, 0.3) is 10.8 Å². The van der Waals surface area contributed by atoms with E-state index in [0.717, 1.165) is 5.76 Å². The molecule has 3 rings (SSSR count). The number of carboxylic acids is 1. The molecule has 2 heterocycles. The quantitative estimate of drug-likeness (QED) is 0.647. The average molecular weight is 384 g/mol. The number of nitrogens with zero attached hydrogens (tertiary/aromatic N) is 1. The molecule has 0 bridgehead atoms. The minimum atomic E-state index is -1.46. The maximum Gasteiger partial charge on any atom is 0.334 e. The molecule has 2 N–H and O–H groups in total. The van der Waals surface area contributed by atoms with Crippen LogP contribution in [0.2, 0.25) is 0 Å². The van der Waals surface area contributed by atoms with E-state index >= 15 is 0 Å². The van der Waals surface area contributed by atoms with E-state index in [1.807, 2.05) is 19.1 Å². The molecule has 0 aliphatic rings. The van der Waals surface area contributed by atoms with Crippen LogP contribution in [0.4, 0.5) is 0 Å². The van der Waals surface area contributed by atoms with Crippen LogP contribution in [0.3, 0.4) is 0 Å². The molecule has 7 heteroatoms. The summed E-state index contributed by atoms with van der Waals surface area (Å²) in [5.74, 6) is -0.0383. The van der Waals surface area contributed by atoms with Gasteiger partial charge in [-0.15, -0.1) is 11.3 Å². The highest BCUT2D eigenvalue weighted by Gasteiger charge is 2.40. The molecular weight excluding hydrogens is 364 g/mol. The first-order chi connectivity index (χ1) is 12.9. The number of hydrogen-bond donors (Lipinski definition) is 2. The molecule has 1 aromatic carbocycles. The predicted molar refractivity (Wildman–Crippen MR) is 102 cm³/mol. The Kier molecular flexibility index (Phi) is 5.41. The predicted octanol–water partition coefficient (Wildman–Crippen LogP) is 3.76. The van der Waals surface area contributed by atoms with Crippen molar-refractivity contribution >= 4 is 23.2 Å². The number of furan rings is 1. The van der Waals surface area contributed by atoms with E-state index in [0.29, 0.717) is 22.0 Å². The first-order valence-electron chi connectivity index (χ1n) is 8.55. The molecule has 3 aromatic rings. The summed E-state index contributed by atoms with van der Waals surface area (Å²) in [6.07, 6.45) is 0.226. The lowest BCUT2D eigenvalue weighted by atomic mass is 9.87. The van der Waals surface area contributed by atoms with E-state index in [1.54, 1.807) is 42.6 Å². The van der Waals surface area contributed by atoms with Crippen molar-refractivity contribution in [1.82, 2.24) is 10.3 Å². The van der Waals surface area contributed by atoms with Crippen LogP contribution in [-0.2, 0) is 21.5 Å². The normalized spacial score (nSPS) is 13.1. The lowest BCUT2D eigenvalue weighted by Gasteiger charge is -2.30. The van der Waals surface area contributed by atoms with Gasteiger partial charge in [0.15, 0.2) is 16.3 Å². The van der Waals surface area contributed by atoms with Crippen molar-refractivity contribution in [3.63, 3.8) is 0 Å². The number of aliphatic carboxylic acids is 1. The van der Waals surface area contributed by atoms with Gasteiger partial charge in [0.1, 0.15) is 5.76 Å². The number of thiazole rings is 1. The van der Waals surface area contributed by atoms with Crippen molar-refractivity contribution in [3.8, 4) is 10.8 Å². The summed E-state index contributed by atoms with van der Waals surface area (Å²) in [5.41, 5.74) is -0.349. The SMILES string of the molecule is CCC(NC(=O)Cc1csc(-c2ccc(C)o2)n1)(C(=O)O)c1ccccc1. The highest BCUT2D eigenvalue weighted by Crippen LogP contribution is 2.27. The average Bonchev–Trinajstić information content (AvgIpc) is 3.29. The number of aryl methyl sites for hydroxylation is 1. The second kappa shape index (κ2) is 7.75.